The molecule has 0 radical (unpaired) electrons. The summed E-state index contributed by atoms with van der Waals surface area (Å²) in [6.45, 7) is 2.34. The number of benzene rings is 2. The molecule has 0 bridgehead atoms. The quantitative estimate of drug-likeness (QED) is 0.549. The van der Waals surface area contributed by atoms with Gasteiger partial charge in [-0.1, -0.05) is 48.5 Å². The topological polar surface area (TPSA) is 75.5 Å². The molecule has 4 aromatic rings. The fraction of sp³-hybridized carbons (Fsp3) is 0.0870. The maximum atomic E-state index is 12.8. The van der Waals surface area contributed by atoms with Crippen LogP contribution in [0.4, 0.5) is 5.69 Å². The van der Waals surface area contributed by atoms with Crippen molar-refractivity contribution in [3.05, 3.63) is 102 Å². The summed E-state index contributed by atoms with van der Waals surface area (Å²) < 4.78 is 1.63. The average Bonchev–Trinajstić information content (AvgIpc) is 3.13. The van der Waals surface area contributed by atoms with Gasteiger partial charge in [0.2, 0.25) is 5.82 Å². The van der Waals surface area contributed by atoms with Crippen LogP contribution < -0.4 is 10.6 Å². The summed E-state index contributed by atoms with van der Waals surface area (Å²) in [6, 6.07) is 22.5. The number of anilines is 1. The van der Waals surface area contributed by atoms with Crippen LogP contribution in [0.2, 0.25) is 0 Å². The molecule has 2 amide bonds. The van der Waals surface area contributed by atoms with E-state index in [4.69, 9.17) is 0 Å². The Hall–Kier alpha value is -3.93. The Bertz CT molecular complexity index is 1180. The van der Waals surface area contributed by atoms with E-state index in [-0.39, 0.29) is 23.3 Å². The molecule has 0 aliphatic heterocycles. The summed E-state index contributed by atoms with van der Waals surface area (Å²) >= 11 is 0. The molecule has 6 nitrogen and oxygen atoms in total. The molecule has 0 atom stereocenters. The third-order valence-corrected chi connectivity index (χ3v) is 4.54. The third kappa shape index (κ3) is 4.01. The monoisotopic (exact) mass is 384 g/mol. The first-order valence-corrected chi connectivity index (χ1v) is 9.29. The summed E-state index contributed by atoms with van der Waals surface area (Å²) in [4.78, 5) is 29.9. The minimum Gasteiger partial charge on any atom is -0.347 e. The van der Waals surface area contributed by atoms with Gasteiger partial charge in [-0.15, -0.1) is 0 Å². The number of hydrogen-bond donors (Lipinski definition) is 2. The lowest BCUT2D eigenvalue weighted by molar-refractivity contribution is 0.0948. The molecule has 0 fully saturated rings. The minimum atomic E-state index is -0.376. The number of aryl methyl sites for hydroxylation is 1. The van der Waals surface area contributed by atoms with Crippen molar-refractivity contribution in [2.75, 3.05) is 5.32 Å². The summed E-state index contributed by atoms with van der Waals surface area (Å²) in [5.41, 5.74) is 3.50. The number of carbonyl (C=O) groups excluding carboxylic acids is 2. The lowest BCUT2D eigenvalue weighted by Gasteiger charge is -2.05. The second-order valence-corrected chi connectivity index (χ2v) is 6.73. The Labute approximate surface area is 168 Å². The van der Waals surface area contributed by atoms with Crippen molar-refractivity contribution >= 4 is 23.0 Å². The Morgan fingerprint density at radius 3 is 2.52 bits per heavy atom. The molecule has 0 spiro atoms. The molecule has 0 saturated carbocycles. The number of nitrogens with zero attached hydrogens (tertiary/aromatic N) is 2. The Kier molecular flexibility index (Phi) is 5.07. The SMILES string of the molecule is Cc1cccc(NC(=O)c2nc(C(=O)NCc3ccccc3)c3ccccn23)c1. The van der Waals surface area contributed by atoms with Crippen LogP contribution in [0, 0.1) is 6.92 Å². The molecular weight excluding hydrogens is 364 g/mol. The normalized spacial score (nSPS) is 10.7. The summed E-state index contributed by atoms with van der Waals surface area (Å²) in [6.07, 6.45) is 1.72. The van der Waals surface area contributed by atoms with Crippen LogP contribution in [0.25, 0.3) is 5.52 Å². The fourth-order valence-corrected chi connectivity index (χ4v) is 3.14. The first-order valence-electron chi connectivity index (χ1n) is 9.29. The van der Waals surface area contributed by atoms with Gasteiger partial charge in [-0.25, -0.2) is 4.98 Å². The minimum absolute atomic E-state index is 0.159. The van der Waals surface area contributed by atoms with E-state index in [1.165, 1.54) is 0 Å². The number of imidazole rings is 1. The number of aromatic nitrogens is 2. The van der Waals surface area contributed by atoms with Crippen molar-refractivity contribution in [3.63, 3.8) is 0 Å². The van der Waals surface area contributed by atoms with Gasteiger partial charge in [0.15, 0.2) is 5.69 Å². The number of pyridine rings is 1. The maximum Gasteiger partial charge on any atom is 0.292 e. The predicted octanol–water partition coefficient (Wildman–Crippen LogP) is 3.83. The molecule has 0 aliphatic rings. The fourth-order valence-electron chi connectivity index (χ4n) is 3.14. The molecule has 2 aromatic carbocycles. The van der Waals surface area contributed by atoms with Crippen molar-refractivity contribution in [2.24, 2.45) is 0 Å². The van der Waals surface area contributed by atoms with Gasteiger partial charge in [0.25, 0.3) is 11.8 Å². The highest BCUT2D eigenvalue weighted by atomic mass is 16.2. The van der Waals surface area contributed by atoms with Gasteiger partial charge in [-0.05, 0) is 42.3 Å². The Morgan fingerprint density at radius 2 is 1.72 bits per heavy atom. The molecule has 2 aromatic heterocycles. The van der Waals surface area contributed by atoms with E-state index in [1.54, 1.807) is 22.7 Å². The van der Waals surface area contributed by atoms with Gasteiger partial charge in [0.05, 0.1) is 5.52 Å². The second kappa shape index (κ2) is 7.98. The van der Waals surface area contributed by atoms with Crippen LogP contribution in [-0.4, -0.2) is 21.2 Å². The molecule has 4 rings (SSSR count). The zero-order chi connectivity index (χ0) is 20.2. The van der Waals surface area contributed by atoms with Crippen LogP contribution in [0.15, 0.2) is 79.0 Å². The van der Waals surface area contributed by atoms with Crippen LogP contribution in [0.5, 0.6) is 0 Å². The van der Waals surface area contributed by atoms with Crippen molar-refractivity contribution < 1.29 is 9.59 Å². The van der Waals surface area contributed by atoms with Crippen molar-refractivity contribution in [3.8, 4) is 0 Å². The summed E-state index contributed by atoms with van der Waals surface area (Å²) in [5.74, 6) is -0.543. The van der Waals surface area contributed by atoms with E-state index in [0.717, 1.165) is 11.1 Å². The average molecular weight is 384 g/mol. The van der Waals surface area contributed by atoms with Gasteiger partial charge in [0.1, 0.15) is 0 Å². The number of hydrogen-bond acceptors (Lipinski definition) is 3. The first kappa shape index (κ1) is 18.4. The van der Waals surface area contributed by atoms with Gasteiger partial charge >= 0.3 is 0 Å². The highest BCUT2D eigenvalue weighted by Gasteiger charge is 2.21. The van der Waals surface area contributed by atoms with E-state index in [9.17, 15) is 9.59 Å². The lowest BCUT2D eigenvalue weighted by atomic mass is 10.2. The lowest BCUT2D eigenvalue weighted by Crippen LogP contribution is -2.23. The smallest absolute Gasteiger partial charge is 0.292 e. The number of fused-ring (bicyclic) bond motifs is 1. The number of carbonyl (C=O) groups is 2. The van der Waals surface area contributed by atoms with Crippen molar-refractivity contribution in [1.82, 2.24) is 14.7 Å². The van der Waals surface area contributed by atoms with Crippen LogP contribution in [0.3, 0.4) is 0 Å². The van der Waals surface area contributed by atoms with Gasteiger partial charge in [0, 0.05) is 18.4 Å². The molecule has 0 saturated heterocycles. The molecule has 0 unspecified atom stereocenters. The zero-order valence-corrected chi connectivity index (χ0v) is 15.9. The Morgan fingerprint density at radius 1 is 0.931 bits per heavy atom. The van der Waals surface area contributed by atoms with Crippen molar-refractivity contribution in [1.29, 1.82) is 0 Å². The largest absolute Gasteiger partial charge is 0.347 e. The zero-order valence-electron chi connectivity index (χ0n) is 15.9. The van der Waals surface area contributed by atoms with Gasteiger partial charge in [-0.2, -0.15) is 0 Å². The Balaban J connectivity index is 1.61. The highest BCUT2D eigenvalue weighted by molar-refractivity contribution is 6.06. The second-order valence-electron chi connectivity index (χ2n) is 6.73. The molecule has 6 heteroatoms. The molecular formula is C23H20N4O2. The molecule has 144 valence electrons. The summed E-state index contributed by atoms with van der Waals surface area (Å²) in [7, 11) is 0. The first-order chi connectivity index (χ1) is 14.1. The van der Waals surface area contributed by atoms with Gasteiger partial charge in [-0.3, -0.25) is 14.0 Å². The third-order valence-electron chi connectivity index (χ3n) is 4.54. The van der Waals surface area contributed by atoms with E-state index in [2.05, 4.69) is 15.6 Å². The van der Waals surface area contributed by atoms with Crippen LogP contribution in [0.1, 0.15) is 32.2 Å². The molecule has 29 heavy (non-hydrogen) atoms. The van der Waals surface area contributed by atoms with Crippen molar-refractivity contribution in [2.45, 2.75) is 13.5 Å². The standard InChI is InChI=1S/C23H20N4O2/c1-16-8-7-11-18(14-16)25-23(29)21-26-20(19-12-5-6-13-27(19)21)22(28)24-15-17-9-3-2-4-10-17/h2-14H,15H2,1H3,(H,24,28)(H,25,29). The number of rotatable bonds is 5. The predicted molar refractivity (Wildman–Crippen MR) is 112 cm³/mol. The van der Waals surface area contributed by atoms with E-state index >= 15 is 0 Å². The van der Waals surface area contributed by atoms with Crippen LogP contribution >= 0.6 is 0 Å². The van der Waals surface area contributed by atoms with E-state index in [0.29, 0.717) is 17.7 Å². The van der Waals surface area contributed by atoms with Crippen LogP contribution in [-0.2, 0) is 6.54 Å². The number of amides is 2. The summed E-state index contributed by atoms with van der Waals surface area (Å²) in [5, 5.41) is 5.72. The van der Waals surface area contributed by atoms with Gasteiger partial charge < -0.3 is 10.6 Å². The van der Waals surface area contributed by atoms with E-state index < -0.39 is 0 Å². The highest BCUT2D eigenvalue weighted by Crippen LogP contribution is 2.16. The maximum absolute atomic E-state index is 12.8. The van der Waals surface area contributed by atoms with E-state index in [1.807, 2.05) is 67.6 Å². The molecule has 2 N–H and O–H groups in total. The molecule has 2 heterocycles. The molecule has 0 aliphatic carbocycles. The number of nitrogens with one attached hydrogen (secondary N) is 2.